The van der Waals surface area contributed by atoms with Crippen LogP contribution in [0, 0.1) is 5.92 Å². The molecule has 0 nitrogen and oxygen atoms in total. The third-order valence-corrected chi connectivity index (χ3v) is 2.24. The van der Waals surface area contributed by atoms with Gasteiger partial charge in [0.1, 0.15) is 0 Å². The molecule has 0 aromatic rings. The second-order valence-electron chi connectivity index (χ2n) is 3.45. The Morgan fingerprint density at radius 1 is 1.44 bits per heavy atom. The SMILES string of the molecule is CC(C)=C1CC[C@@H](C)C1. The fraction of sp³-hybridized carbons (Fsp3) is 0.778. The highest BCUT2D eigenvalue weighted by molar-refractivity contribution is 5.13. The Hall–Kier alpha value is -0.260. The zero-order valence-corrected chi connectivity index (χ0v) is 6.70. The first kappa shape index (κ1) is 6.85. The van der Waals surface area contributed by atoms with Crippen LogP contribution >= 0.6 is 0 Å². The lowest BCUT2D eigenvalue weighted by Gasteiger charge is -1.98. The fourth-order valence-corrected chi connectivity index (χ4v) is 1.50. The first-order valence-electron chi connectivity index (χ1n) is 3.85. The van der Waals surface area contributed by atoms with E-state index in [-0.39, 0.29) is 0 Å². The zero-order valence-electron chi connectivity index (χ0n) is 6.70. The van der Waals surface area contributed by atoms with Crippen molar-refractivity contribution in [2.24, 2.45) is 5.92 Å². The van der Waals surface area contributed by atoms with E-state index in [1.54, 1.807) is 11.1 Å². The molecule has 0 radical (unpaired) electrons. The van der Waals surface area contributed by atoms with Crippen LogP contribution in [0.3, 0.4) is 0 Å². The largest absolute Gasteiger partial charge is 0.0772 e. The van der Waals surface area contributed by atoms with Gasteiger partial charge in [-0.15, -0.1) is 0 Å². The average Bonchev–Trinajstić information content (AvgIpc) is 2.14. The van der Waals surface area contributed by atoms with Crippen molar-refractivity contribution < 1.29 is 0 Å². The smallest absolute Gasteiger partial charge is 0.0292 e. The molecule has 0 amide bonds. The first-order valence-corrected chi connectivity index (χ1v) is 3.85. The molecule has 0 bridgehead atoms. The second kappa shape index (κ2) is 2.55. The van der Waals surface area contributed by atoms with E-state index in [2.05, 4.69) is 20.8 Å². The van der Waals surface area contributed by atoms with Crippen LogP contribution < -0.4 is 0 Å². The minimum atomic E-state index is 0.954. The molecule has 0 aromatic heterocycles. The van der Waals surface area contributed by atoms with Gasteiger partial charge in [0.25, 0.3) is 0 Å². The molecule has 9 heavy (non-hydrogen) atoms. The van der Waals surface area contributed by atoms with E-state index >= 15 is 0 Å². The molecule has 1 aliphatic carbocycles. The van der Waals surface area contributed by atoms with E-state index in [1.165, 1.54) is 19.3 Å². The van der Waals surface area contributed by atoms with Gasteiger partial charge >= 0.3 is 0 Å². The summed E-state index contributed by atoms with van der Waals surface area (Å²) < 4.78 is 0. The van der Waals surface area contributed by atoms with Crippen LogP contribution in [0.15, 0.2) is 11.1 Å². The van der Waals surface area contributed by atoms with Crippen molar-refractivity contribution in [3.05, 3.63) is 11.1 Å². The van der Waals surface area contributed by atoms with Gasteiger partial charge in [0.2, 0.25) is 0 Å². The number of hydrogen-bond acceptors (Lipinski definition) is 0. The predicted molar refractivity (Wildman–Crippen MR) is 41.4 cm³/mol. The summed E-state index contributed by atoms with van der Waals surface area (Å²) in [5.74, 6) is 0.954. The van der Waals surface area contributed by atoms with E-state index in [0.29, 0.717) is 0 Å². The Morgan fingerprint density at radius 2 is 2.11 bits per heavy atom. The molecule has 1 atom stereocenters. The lowest BCUT2D eigenvalue weighted by Crippen LogP contribution is -1.81. The molecule has 1 saturated carbocycles. The van der Waals surface area contributed by atoms with Gasteiger partial charge in [-0.2, -0.15) is 0 Å². The van der Waals surface area contributed by atoms with Crippen molar-refractivity contribution in [3.63, 3.8) is 0 Å². The number of allylic oxidation sites excluding steroid dienone is 2. The Bertz CT molecular complexity index is 127. The lowest BCUT2D eigenvalue weighted by atomic mass is 10.1. The predicted octanol–water partition coefficient (Wildman–Crippen LogP) is 3.14. The van der Waals surface area contributed by atoms with Gasteiger partial charge in [0.15, 0.2) is 0 Å². The summed E-state index contributed by atoms with van der Waals surface area (Å²) in [7, 11) is 0. The van der Waals surface area contributed by atoms with Crippen LogP contribution in [0.2, 0.25) is 0 Å². The molecule has 52 valence electrons. The van der Waals surface area contributed by atoms with E-state index in [0.717, 1.165) is 5.92 Å². The van der Waals surface area contributed by atoms with E-state index in [4.69, 9.17) is 0 Å². The molecule has 1 fully saturated rings. The van der Waals surface area contributed by atoms with Gasteiger partial charge in [0, 0.05) is 0 Å². The van der Waals surface area contributed by atoms with Crippen molar-refractivity contribution in [3.8, 4) is 0 Å². The van der Waals surface area contributed by atoms with E-state index in [9.17, 15) is 0 Å². The van der Waals surface area contributed by atoms with Crippen molar-refractivity contribution in [2.75, 3.05) is 0 Å². The molecule has 0 aromatic carbocycles. The Morgan fingerprint density at radius 3 is 2.33 bits per heavy atom. The maximum atomic E-state index is 2.34. The molecule has 0 heteroatoms. The van der Waals surface area contributed by atoms with Crippen LogP contribution in [0.25, 0.3) is 0 Å². The summed E-state index contributed by atoms with van der Waals surface area (Å²) in [6.45, 7) is 6.80. The topological polar surface area (TPSA) is 0 Å². The second-order valence-corrected chi connectivity index (χ2v) is 3.45. The van der Waals surface area contributed by atoms with Gasteiger partial charge in [-0.3, -0.25) is 0 Å². The summed E-state index contributed by atoms with van der Waals surface area (Å²) in [5, 5.41) is 0. The molecule has 0 aliphatic heterocycles. The minimum Gasteiger partial charge on any atom is -0.0772 e. The van der Waals surface area contributed by atoms with Gasteiger partial charge in [-0.05, 0) is 39.0 Å². The molecule has 0 unspecified atom stereocenters. The molecular formula is C9H16. The molecule has 0 spiro atoms. The van der Waals surface area contributed by atoms with E-state index < -0.39 is 0 Å². The van der Waals surface area contributed by atoms with Crippen LogP contribution in [0.5, 0.6) is 0 Å². The van der Waals surface area contributed by atoms with Crippen LogP contribution in [0.1, 0.15) is 40.0 Å². The monoisotopic (exact) mass is 124 g/mol. The lowest BCUT2D eigenvalue weighted by molar-refractivity contribution is 0.620. The summed E-state index contributed by atoms with van der Waals surface area (Å²) in [4.78, 5) is 0. The number of hydrogen-bond donors (Lipinski definition) is 0. The van der Waals surface area contributed by atoms with Gasteiger partial charge < -0.3 is 0 Å². The fourth-order valence-electron chi connectivity index (χ4n) is 1.50. The van der Waals surface area contributed by atoms with Crippen LogP contribution in [-0.4, -0.2) is 0 Å². The molecule has 1 rings (SSSR count). The Balaban J connectivity index is 2.58. The van der Waals surface area contributed by atoms with Crippen molar-refractivity contribution in [1.29, 1.82) is 0 Å². The quantitative estimate of drug-likeness (QED) is 0.435. The van der Waals surface area contributed by atoms with Crippen molar-refractivity contribution in [1.82, 2.24) is 0 Å². The average molecular weight is 124 g/mol. The molecule has 0 saturated heterocycles. The van der Waals surface area contributed by atoms with Crippen molar-refractivity contribution in [2.45, 2.75) is 40.0 Å². The maximum Gasteiger partial charge on any atom is -0.0292 e. The Kier molecular flexibility index (Phi) is 1.94. The Labute approximate surface area is 58.0 Å². The highest BCUT2D eigenvalue weighted by atomic mass is 14.2. The summed E-state index contributed by atoms with van der Waals surface area (Å²) in [6.07, 6.45) is 4.15. The molecule has 0 N–H and O–H groups in total. The molecular weight excluding hydrogens is 108 g/mol. The third-order valence-electron chi connectivity index (χ3n) is 2.24. The van der Waals surface area contributed by atoms with Gasteiger partial charge in [0.05, 0.1) is 0 Å². The zero-order chi connectivity index (χ0) is 6.85. The highest BCUT2D eigenvalue weighted by Gasteiger charge is 2.14. The summed E-state index contributed by atoms with van der Waals surface area (Å²) >= 11 is 0. The van der Waals surface area contributed by atoms with Crippen LogP contribution in [0.4, 0.5) is 0 Å². The van der Waals surface area contributed by atoms with Crippen molar-refractivity contribution >= 4 is 0 Å². The normalized spacial score (nSPS) is 27.0. The summed E-state index contributed by atoms with van der Waals surface area (Å²) in [6, 6.07) is 0. The summed E-state index contributed by atoms with van der Waals surface area (Å²) in [5.41, 5.74) is 3.27. The number of rotatable bonds is 0. The van der Waals surface area contributed by atoms with Crippen LogP contribution in [-0.2, 0) is 0 Å². The highest BCUT2D eigenvalue weighted by Crippen LogP contribution is 2.31. The minimum absolute atomic E-state index is 0.954. The van der Waals surface area contributed by atoms with E-state index in [1.807, 2.05) is 0 Å². The maximum absolute atomic E-state index is 2.34. The standard InChI is InChI=1S/C9H16/c1-7(2)9-5-4-8(3)6-9/h8H,4-6H2,1-3H3/t8-/m1/s1. The molecule has 1 aliphatic rings. The van der Waals surface area contributed by atoms with Gasteiger partial charge in [-0.1, -0.05) is 18.1 Å². The molecule has 0 heterocycles. The first-order chi connectivity index (χ1) is 4.20. The third kappa shape index (κ3) is 1.57. The van der Waals surface area contributed by atoms with Gasteiger partial charge in [-0.25, -0.2) is 0 Å².